The lowest BCUT2D eigenvalue weighted by atomic mass is 10.0. The van der Waals surface area contributed by atoms with E-state index in [1.807, 2.05) is 19.9 Å². The van der Waals surface area contributed by atoms with E-state index in [1.165, 1.54) is 5.56 Å². The Morgan fingerprint density at radius 2 is 2.06 bits per heavy atom. The van der Waals surface area contributed by atoms with Gasteiger partial charge in [0.05, 0.1) is 0 Å². The van der Waals surface area contributed by atoms with Gasteiger partial charge in [0.2, 0.25) is 0 Å². The van der Waals surface area contributed by atoms with Gasteiger partial charge in [0, 0.05) is 30.9 Å². The molecule has 1 aromatic rings. The molecule has 0 fully saturated rings. The lowest BCUT2D eigenvalue weighted by molar-refractivity contribution is 0.203. The Morgan fingerprint density at radius 1 is 1.38 bits per heavy atom. The highest BCUT2D eigenvalue weighted by Crippen LogP contribution is 2.16. The third-order valence-electron chi connectivity index (χ3n) is 2.91. The molecule has 1 aromatic heterocycles. The summed E-state index contributed by atoms with van der Waals surface area (Å²) in [5.41, 5.74) is 2.25. The molecule has 0 atom stereocenters. The van der Waals surface area contributed by atoms with Crippen molar-refractivity contribution < 1.29 is 0 Å². The van der Waals surface area contributed by atoms with Gasteiger partial charge in [-0.3, -0.25) is 9.69 Å². The van der Waals surface area contributed by atoms with Crippen molar-refractivity contribution in [3.05, 3.63) is 33.7 Å². The summed E-state index contributed by atoms with van der Waals surface area (Å²) < 4.78 is 0. The van der Waals surface area contributed by atoms with Crippen LogP contribution in [0.2, 0.25) is 0 Å². The minimum Gasteiger partial charge on any atom is -0.329 e. The first-order chi connectivity index (χ1) is 7.68. The first-order valence-electron chi connectivity index (χ1n) is 6.12. The molecule has 3 nitrogen and oxygen atoms in total. The molecular weight excluding hydrogens is 200 g/mol. The van der Waals surface area contributed by atoms with Crippen LogP contribution < -0.4 is 5.56 Å². The molecule has 0 saturated carbocycles. The Kier molecular flexibility index (Phi) is 4.74. The minimum absolute atomic E-state index is 0.0888. The Balaban J connectivity index is 0.000000606. The van der Waals surface area contributed by atoms with Gasteiger partial charge in [-0.2, -0.15) is 0 Å². The topological polar surface area (TPSA) is 36.1 Å². The largest absolute Gasteiger partial charge is 0.329 e. The van der Waals surface area contributed by atoms with Crippen LogP contribution in [0.4, 0.5) is 0 Å². The summed E-state index contributed by atoms with van der Waals surface area (Å²) in [6, 6.07) is 2.58. The van der Waals surface area contributed by atoms with Crippen LogP contribution in [0, 0.1) is 0 Å². The van der Waals surface area contributed by atoms with Crippen molar-refractivity contribution in [2.45, 2.75) is 46.7 Å². The van der Waals surface area contributed by atoms with E-state index in [0.717, 1.165) is 25.1 Å². The SMILES string of the molecule is CC.CC(C)N1CCc2c(cc[nH]c2=O)C1. The third-order valence-corrected chi connectivity index (χ3v) is 2.91. The average Bonchev–Trinajstić information content (AvgIpc) is 2.31. The number of aromatic nitrogens is 1. The van der Waals surface area contributed by atoms with Crippen molar-refractivity contribution in [1.29, 1.82) is 0 Å². The van der Waals surface area contributed by atoms with Crippen LogP contribution >= 0.6 is 0 Å². The molecule has 0 aromatic carbocycles. The molecule has 1 N–H and O–H groups in total. The number of rotatable bonds is 1. The summed E-state index contributed by atoms with van der Waals surface area (Å²) in [6.07, 6.45) is 2.62. The summed E-state index contributed by atoms with van der Waals surface area (Å²) in [5.74, 6) is 0. The number of nitrogens with one attached hydrogen (secondary N) is 1. The van der Waals surface area contributed by atoms with Gasteiger partial charge >= 0.3 is 0 Å². The fourth-order valence-electron chi connectivity index (χ4n) is 1.97. The van der Waals surface area contributed by atoms with Crippen molar-refractivity contribution in [1.82, 2.24) is 9.88 Å². The highest BCUT2D eigenvalue weighted by atomic mass is 16.1. The fraction of sp³-hybridized carbons (Fsp3) is 0.615. The normalized spacial score (nSPS) is 15.3. The molecule has 90 valence electrons. The molecule has 0 amide bonds. The lowest BCUT2D eigenvalue weighted by Gasteiger charge is -2.31. The van der Waals surface area contributed by atoms with E-state index in [0.29, 0.717) is 6.04 Å². The first kappa shape index (κ1) is 13.0. The Labute approximate surface area is 97.5 Å². The van der Waals surface area contributed by atoms with E-state index < -0.39 is 0 Å². The van der Waals surface area contributed by atoms with Crippen LogP contribution in [0.5, 0.6) is 0 Å². The third kappa shape index (κ3) is 2.73. The second kappa shape index (κ2) is 5.85. The monoisotopic (exact) mass is 222 g/mol. The summed E-state index contributed by atoms with van der Waals surface area (Å²) >= 11 is 0. The number of H-pyrrole nitrogens is 1. The number of aromatic amines is 1. The van der Waals surface area contributed by atoms with Crippen LogP contribution in [0.1, 0.15) is 38.8 Å². The second-order valence-electron chi connectivity index (χ2n) is 4.12. The van der Waals surface area contributed by atoms with Crippen molar-refractivity contribution in [3.63, 3.8) is 0 Å². The summed E-state index contributed by atoms with van der Waals surface area (Å²) in [6.45, 7) is 10.3. The van der Waals surface area contributed by atoms with Gasteiger partial charge in [-0.25, -0.2) is 0 Å². The first-order valence-corrected chi connectivity index (χ1v) is 6.12. The van der Waals surface area contributed by atoms with E-state index in [2.05, 4.69) is 23.7 Å². The Bertz CT molecular complexity index is 382. The van der Waals surface area contributed by atoms with Gasteiger partial charge < -0.3 is 4.98 Å². The van der Waals surface area contributed by atoms with Crippen LogP contribution in [0.3, 0.4) is 0 Å². The van der Waals surface area contributed by atoms with Crippen molar-refractivity contribution in [2.24, 2.45) is 0 Å². The van der Waals surface area contributed by atoms with Crippen LogP contribution in [0.25, 0.3) is 0 Å². The lowest BCUT2D eigenvalue weighted by Crippen LogP contribution is -2.38. The molecular formula is C13H22N2O. The van der Waals surface area contributed by atoms with Gasteiger partial charge in [-0.1, -0.05) is 13.8 Å². The molecule has 2 heterocycles. The quantitative estimate of drug-likeness (QED) is 0.790. The van der Waals surface area contributed by atoms with E-state index in [1.54, 1.807) is 6.20 Å². The van der Waals surface area contributed by atoms with E-state index in [4.69, 9.17) is 0 Å². The number of fused-ring (bicyclic) bond motifs is 1. The van der Waals surface area contributed by atoms with Crippen LogP contribution in [0.15, 0.2) is 17.1 Å². The summed E-state index contributed by atoms with van der Waals surface area (Å²) in [7, 11) is 0. The van der Waals surface area contributed by atoms with Crippen molar-refractivity contribution in [3.8, 4) is 0 Å². The molecule has 16 heavy (non-hydrogen) atoms. The Morgan fingerprint density at radius 3 is 2.69 bits per heavy atom. The molecule has 0 saturated heterocycles. The second-order valence-corrected chi connectivity index (χ2v) is 4.12. The zero-order valence-corrected chi connectivity index (χ0v) is 10.7. The van der Waals surface area contributed by atoms with Gasteiger partial charge in [-0.05, 0) is 31.9 Å². The van der Waals surface area contributed by atoms with Gasteiger partial charge in [0.15, 0.2) is 0 Å². The number of hydrogen-bond donors (Lipinski definition) is 1. The molecule has 2 rings (SSSR count). The van der Waals surface area contributed by atoms with Gasteiger partial charge in [-0.15, -0.1) is 0 Å². The number of hydrogen-bond acceptors (Lipinski definition) is 2. The van der Waals surface area contributed by atoms with Crippen molar-refractivity contribution >= 4 is 0 Å². The highest BCUT2D eigenvalue weighted by molar-refractivity contribution is 5.25. The number of nitrogens with zero attached hydrogens (tertiary/aromatic N) is 1. The zero-order chi connectivity index (χ0) is 12.1. The standard InChI is InChI=1S/C11H16N2O.C2H6/c1-8(2)13-6-4-10-9(7-13)3-5-12-11(10)14;1-2/h3,5,8H,4,6-7H2,1-2H3,(H,12,14);1-2H3. The Hall–Kier alpha value is -1.09. The molecule has 1 aliphatic heterocycles. The predicted octanol–water partition coefficient (Wildman–Crippen LogP) is 2.17. The molecule has 3 heteroatoms. The maximum absolute atomic E-state index is 11.5. The summed E-state index contributed by atoms with van der Waals surface area (Å²) in [5, 5.41) is 0. The smallest absolute Gasteiger partial charge is 0.251 e. The maximum atomic E-state index is 11.5. The molecule has 0 spiro atoms. The zero-order valence-electron chi connectivity index (χ0n) is 10.7. The van der Waals surface area contributed by atoms with Crippen molar-refractivity contribution in [2.75, 3.05) is 6.54 Å². The minimum atomic E-state index is 0.0888. The highest BCUT2D eigenvalue weighted by Gasteiger charge is 2.19. The van der Waals surface area contributed by atoms with E-state index >= 15 is 0 Å². The van der Waals surface area contributed by atoms with Crippen LogP contribution in [-0.4, -0.2) is 22.5 Å². The number of pyridine rings is 1. The van der Waals surface area contributed by atoms with Gasteiger partial charge in [0.1, 0.15) is 0 Å². The molecule has 0 bridgehead atoms. The van der Waals surface area contributed by atoms with E-state index in [9.17, 15) is 4.79 Å². The molecule has 0 aliphatic carbocycles. The predicted molar refractivity (Wildman–Crippen MR) is 67.7 cm³/mol. The fourth-order valence-corrected chi connectivity index (χ4v) is 1.97. The average molecular weight is 222 g/mol. The van der Waals surface area contributed by atoms with Crippen LogP contribution in [-0.2, 0) is 13.0 Å². The molecule has 0 unspecified atom stereocenters. The van der Waals surface area contributed by atoms with E-state index in [-0.39, 0.29) is 5.56 Å². The maximum Gasteiger partial charge on any atom is 0.251 e. The molecule has 1 aliphatic rings. The molecule has 0 radical (unpaired) electrons. The summed E-state index contributed by atoms with van der Waals surface area (Å²) in [4.78, 5) is 16.6. The van der Waals surface area contributed by atoms with Gasteiger partial charge in [0.25, 0.3) is 5.56 Å².